The minimum absolute atomic E-state index is 0.602. The van der Waals surface area contributed by atoms with Crippen molar-refractivity contribution in [3.63, 3.8) is 0 Å². The Balaban J connectivity index is 2.46. The lowest BCUT2D eigenvalue weighted by atomic mass is 10.3. The molecule has 2 aromatic heterocycles. The lowest BCUT2D eigenvalue weighted by Gasteiger charge is -1.97. The Morgan fingerprint density at radius 2 is 2.33 bits per heavy atom. The third-order valence-corrected chi connectivity index (χ3v) is 4.76. The zero-order valence-corrected chi connectivity index (χ0v) is 10.9. The van der Waals surface area contributed by atoms with Gasteiger partial charge in [-0.2, -0.15) is 4.37 Å². The number of thioether (sulfide) groups is 1. The fraction of sp³-hybridized carbons (Fsp3) is 0.333. The average Bonchev–Trinajstić information content (AvgIpc) is 2.74. The molecule has 0 saturated heterocycles. The summed E-state index contributed by atoms with van der Waals surface area (Å²) in [6, 6.07) is 0. The first-order chi connectivity index (χ1) is 7.22. The maximum absolute atomic E-state index is 5.87. The average molecular weight is 257 g/mol. The maximum atomic E-state index is 5.87. The van der Waals surface area contributed by atoms with Crippen LogP contribution in [0.4, 0.5) is 5.82 Å². The van der Waals surface area contributed by atoms with Gasteiger partial charge in [-0.25, -0.2) is 4.98 Å². The molecule has 0 fully saturated rings. The molecule has 0 aliphatic heterocycles. The summed E-state index contributed by atoms with van der Waals surface area (Å²) in [7, 11) is 0. The highest BCUT2D eigenvalue weighted by Crippen LogP contribution is 2.40. The van der Waals surface area contributed by atoms with Gasteiger partial charge >= 0.3 is 0 Å². The van der Waals surface area contributed by atoms with Crippen molar-refractivity contribution in [2.75, 3.05) is 11.5 Å². The minimum Gasteiger partial charge on any atom is -0.382 e. The number of nitrogens with two attached hydrogens (primary N) is 1. The molecule has 0 aliphatic carbocycles. The van der Waals surface area contributed by atoms with Gasteiger partial charge in [0.1, 0.15) is 10.8 Å². The Labute approximate surface area is 101 Å². The molecule has 3 nitrogen and oxygen atoms in total. The Hall–Kier alpha value is -0.590. The summed E-state index contributed by atoms with van der Waals surface area (Å²) < 4.78 is 5.36. The maximum Gasteiger partial charge on any atom is 0.148 e. The van der Waals surface area contributed by atoms with E-state index in [4.69, 9.17) is 5.73 Å². The van der Waals surface area contributed by atoms with Crippen LogP contribution in [0.5, 0.6) is 0 Å². The van der Waals surface area contributed by atoms with E-state index in [1.54, 1.807) is 23.1 Å². The quantitative estimate of drug-likeness (QED) is 0.857. The molecule has 0 atom stereocenters. The number of rotatable bonds is 3. The molecule has 6 heteroatoms. The largest absolute Gasteiger partial charge is 0.382 e. The van der Waals surface area contributed by atoms with Gasteiger partial charge in [0.15, 0.2) is 0 Å². The van der Waals surface area contributed by atoms with Crippen molar-refractivity contribution in [2.24, 2.45) is 0 Å². The van der Waals surface area contributed by atoms with Crippen LogP contribution in [-0.2, 0) is 0 Å². The number of nitrogen functional groups attached to an aromatic ring is 1. The molecule has 0 bridgehead atoms. The smallest absolute Gasteiger partial charge is 0.148 e. The van der Waals surface area contributed by atoms with Crippen LogP contribution in [0.25, 0.3) is 10.6 Å². The number of hydrogen-bond donors (Lipinski definition) is 1. The number of aryl methyl sites for hydroxylation is 1. The van der Waals surface area contributed by atoms with Crippen molar-refractivity contribution in [1.29, 1.82) is 0 Å². The van der Waals surface area contributed by atoms with Gasteiger partial charge in [0.05, 0.1) is 9.77 Å². The monoisotopic (exact) mass is 257 g/mol. The van der Waals surface area contributed by atoms with E-state index >= 15 is 0 Å². The number of nitrogens with zero attached hydrogens (tertiary/aromatic N) is 2. The first-order valence-corrected chi connectivity index (χ1v) is 7.16. The van der Waals surface area contributed by atoms with Crippen LogP contribution in [-0.4, -0.2) is 15.1 Å². The molecular weight excluding hydrogens is 246 g/mol. The van der Waals surface area contributed by atoms with Crippen LogP contribution in [0.3, 0.4) is 0 Å². The normalized spacial score (nSPS) is 10.8. The van der Waals surface area contributed by atoms with Crippen LogP contribution >= 0.6 is 34.6 Å². The predicted octanol–water partition coefficient (Wildman–Crippen LogP) is 3.27. The van der Waals surface area contributed by atoms with Crippen LogP contribution in [0, 0.1) is 6.92 Å². The first kappa shape index (κ1) is 10.9. The Morgan fingerprint density at radius 1 is 1.53 bits per heavy atom. The molecule has 15 heavy (non-hydrogen) atoms. The van der Waals surface area contributed by atoms with Crippen molar-refractivity contribution in [3.8, 4) is 10.6 Å². The number of thiazole rings is 1. The van der Waals surface area contributed by atoms with Gasteiger partial charge in [0, 0.05) is 11.1 Å². The summed E-state index contributed by atoms with van der Waals surface area (Å²) in [6.07, 6.45) is 0. The molecule has 0 saturated carbocycles. The fourth-order valence-electron chi connectivity index (χ4n) is 1.18. The highest BCUT2D eigenvalue weighted by atomic mass is 32.2. The van der Waals surface area contributed by atoms with Crippen molar-refractivity contribution in [2.45, 2.75) is 18.1 Å². The molecule has 80 valence electrons. The number of hydrogen-bond acceptors (Lipinski definition) is 6. The number of aromatic nitrogens is 2. The van der Waals surface area contributed by atoms with Gasteiger partial charge in [-0.05, 0) is 24.2 Å². The van der Waals surface area contributed by atoms with Gasteiger partial charge in [-0.15, -0.1) is 23.1 Å². The van der Waals surface area contributed by atoms with Crippen molar-refractivity contribution in [3.05, 3.63) is 11.1 Å². The molecule has 2 aromatic rings. The molecule has 2 rings (SSSR count). The number of anilines is 1. The highest BCUT2D eigenvalue weighted by Gasteiger charge is 2.16. The van der Waals surface area contributed by atoms with E-state index in [0.717, 1.165) is 22.0 Å². The first-order valence-electron chi connectivity index (χ1n) is 4.52. The van der Waals surface area contributed by atoms with E-state index < -0.39 is 0 Å². The van der Waals surface area contributed by atoms with E-state index in [9.17, 15) is 0 Å². The molecular formula is C9H11N3S3. The van der Waals surface area contributed by atoms with Gasteiger partial charge in [0.2, 0.25) is 0 Å². The Morgan fingerprint density at radius 3 is 2.93 bits per heavy atom. The predicted molar refractivity (Wildman–Crippen MR) is 68.8 cm³/mol. The summed E-state index contributed by atoms with van der Waals surface area (Å²) in [5, 5.41) is 3.02. The third kappa shape index (κ3) is 2.16. The third-order valence-electron chi connectivity index (χ3n) is 1.80. The zero-order chi connectivity index (χ0) is 10.8. The van der Waals surface area contributed by atoms with Crippen LogP contribution in [0.2, 0.25) is 0 Å². The molecule has 2 heterocycles. The second-order valence-corrected chi connectivity index (χ2v) is 6.12. The molecule has 0 aromatic carbocycles. The second-order valence-electron chi connectivity index (χ2n) is 2.96. The van der Waals surface area contributed by atoms with Crippen LogP contribution in [0.15, 0.2) is 9.59 Å². The summed E-state index contributed by atoms with van der Waals surface area (Å²) in [5.41, 5.74) is 7.92. The van der Waals surface area contributed by atoms with Crippen molar-refractivity contribution >= 4 is 40.4 Å². The lowest BCUT2D eigenvalue weighted by Crippen LogP contribution is -1.88. The lowest BCUT2D eigenvalue weighted by molar-refractivity contribution is 1.26. The van der Waals surface area contributed by atoms with Gasteiger partial charge in [-0.3, -0.25) is 0 Å². The second kappa shape index (κ2) is 4.51. The standard InChI is InChI=1S/C9H11N3S3/c1-3-13-9-6(7(10)12-15-9)8-11-5(2)4-14-8/h4H,3H2,1-2H3,(H2,10,12). The molecule has 0 radical (unpaired) electrons. The zero-order valence-electron chi connectivity index (χ0n) is 8.48. The van der Waals surface area contributed by atoms with E-state index in [2.05, 4.69) is 16.3 Å². The van der Waals surface area contributed by atoms with Gasteiger partial charge in [-0.1, -0.05) is 6.92 Å². The molecule has 0 spiro atoms. The SMILES string of the molecule is CCSc1snc(N)c1-c1nc(C)cs1. The summed E-state index contributed by atoms with van der Waals surface area (Å²) in [4.78, 5) is 4.45. The topological polar surface area (TPSA) is 51.8 Å². The van der Waals surface area contributed by atoms with E-state index in [0.29, 0.717) is 5.82 Å². The molecule has 0 aliphatic rings. The summed E-state index contributed by atoms with van der Waals surface area (Å²) in [5.74, 6) is 1.63. The molecule has 2 N–H and O–H groups in total. The van der Waals surface area contributed by atoms with Gasteiger partial charge < -0.3 is 5.73 Å². The van der Waals surface area contributed by atoms with E-state index in [-0.39, 0.29) is 0 Å². The fourth-order valence-corrected chi connectivity index (χ4v) is 4.02. The highest BCUT2D eigenvalue weighted by molar-refractivity contribution is 8.01. The Kier molecular flexibility index (Phi) is 3.28. The summed E-state index contributed by atoms with van der Waals surface area (Å²) >= 11 is 4.85. The Bertz CT molecular complexity index is 461. The minimum atomic E-state index is 0.602. The molecule has 0 amide bonds. The van der Waals surface area contributed by atoms with E-state index in [1.807, 2.05) is 12.3 Å². The molecule has 0 unspecified atom stereocenters. The van der Waals surface area contributed by atoms with Crippen molar-refractivity contribution < 1.29 is 0 Å². The van der Waals surface area contributed by atoms with Gasteiger partial charge in [0.25, 0.3) is 0 Å². The van der Waals surface area contributed by atoms with E-state index in [1.165, 1.54) is 15.7 Å². The summed E-state index contributed by atoms with van der Waals surface area (Å²) in [6.45, 7) is 4.11. The van der Waals surface area contributed by atoms with Crippen LogP contribution < -0.4 is 5.73 Å². The van der Waals surface area contributed by atoms with Crippen molar-refractivity contribution in [1.82, 2.24) is 9.36 Å². The van der Waals surface area contributed by atoms with Crippen LogP contribution in [0.1, 0.15) is 12.6 Å².